The van der Waals surface area contributed by atoms with Gasteiger partial charge in [-0.05, 0) is 44.4 Å². The van der Waals surface area contributed by atoms with Gasteiger partial charge in [0.05, 0.1) is 11.0 Å². The Labute approximate surface area is 129 Å². The minimum Gasteiger partial charge on any atom is -0.309 e. The van der Waals surface area contributed by atoms with E-state index in [0.29, 0.717) is 0 Å². The first-order valence-corrected chi connectivity index (χ1v) is 9.67. The number of aryl methyl sites for hydroxylation is 2. The highest BCUT2D eigenvalue weighted by molar-refractivity contribution is 7.92. The maximum Gasteiger partial charge on any atom is 0.155 e. The summed E-state index contributed by atoms with van der Waals surface area (Å²) >= 11 is 0. The fourth-order valence-corrected chi connectivity index (χ4v) is 5.34. The molecule has 0 radical (unpaired) electrons. The highest BCUT2D eigenvalue weighted by Gasteiger charge is 2.31. The van der Waals surface area contributed by atoms with Crippen LogP contribution in [0.15, 0.2) is 18.2 Å². The Bertz CT molecular complexity index is 574. The maximum absolute atomic E-state index is 12.6. The standard InChI is InChI=1S/C17H27NO2S/c1-4-18-17(16-11-13(2)9-10-14(16)3)12-21(19,20)15-7-5-6-8-15/h9-11,15,17-18H,4-8,12H2,1-3H3. The van der Waals surface area contributed by atoms with Crippen molar-refractivity contribution in [2.24, 2.45) is 0 Å². The van der Waals surface area contributed by atoms with Crippen LogP contribution >= 0.6 is 0 Å². The number of sulfone groups is 1. The number of hydrogen-bond acceptors (Lipinski definition) is 3. The van der Waals surface area contributed by atoms with Gasteiger partial charge in [0.2, 0.25) is 0 Å². The summed E-state index contributed by atoms with van der Waals surface area (Å²) in [6.45, 7) is 6.91. The molecule has 4 heteroatoms. The van der Waals surface area contributed by atoms with Crippen molar-refractivity contribution in [2.45, 2.75) is 57.7 Å². The first kappa shape index (κ1) is 16.5. The van der Waals surface area contributed by atoms with Gasteiger partial charge in [-0.25, -0.2) is 8.42 Å². The lowest BCUT2D eigenvalue weighted by Gasteiger charge is -2.23. The lowest BCUT2D eigenvalue weighted by molar-refractivity contribution is 0.546. The predicted octanol–water partition coefficient (Wildman–Crippen LogP) is 3.31. The lowest BCUT2D eigenvalue weighted by Crippen LogP contribution is -2.32. The first-order valence-electron chi connectivity index (χ1n) is 7.96. The minimum absolute atomic E-state index is 0.0968. The average molecular weight is 309 g/mol. The van der Waals surface area contributed by atoms with E-state index < -0.39 is 9.84 Å². The Morgan fingerprint density at radius 2 is 1.90 bits per heavy atom. The van der Waals surface area contributed by atoms with Gasteiger partial charge in [0.1, 0.15) is 0 Å². The van der Waals surface area contributed by atoms with Crippen LogP contribution in [0.5, 0.6) is 0 Å². The van der Waals surface area contributed by atoms with E-state index in [1.807, 2.05) is 6.92 Å². The molecule has 0 spiro atoms. The Morgan fingerprint density at radius 3 is 2.52 bits per heavy atom. The highest BCUT2D eigenvalue weighted by Crippen LogP contribution is 2.29. The second-order valence-electron chi connectivity index (χ2n) is 6.21. The molecule has 118 valence electrons. The van der Waals surface area contributed by atoms with Crippen molar-refractivity contribution in [2.75, 3.05) is 12.3 Å². The van der Waals surface area contributed by atoms with Crippen LogP contribution in [0.2, 0.25) is 0 Å². The van der Waals surface area contributed by atoms with Crippen LogP contribution < -0.4 is 5.32 Å². The van der Waals surface area contributed by atoms with Crippen LogP contribution in [0.3, 0.4) is 0 Å². The van der Waals surface area contributed by atoms with Crippen molar-refractivity contribution < 1.29 is 8.42 Å². The van der Waals surface area contributed by atoms with Gasteiger partial charge in [0.15, 0.2) is 9.84 Å². The van der Waals surface area contributed by atoms with Crippen molar-refractivity contribution in [1.82, 2.24) is 5.32 Å². The number of rotatable bonds is 6. The van der Waals surface area contributed by atoms with Gasteiger partial charge in [-0.1, -0.05) is 43.5 Å². The minimum atomic E-state index is -3.02. The molecule has 1 atom stereocenters. The summed E-state index contributed by atoms with van der Waals surface area (Å²) < 4.78 is 25.3. The average Bonchev–Trinajstić information content (AvgIpc) is 2.96. The van der Waals surface area contributed by atoms with Crippen LogP contribution in [0.4, 0.5) is 0 Å². The van der Waals surface area contributed by atoms with Crippen molar-refractivity contribution in [1.29, 1.82) is 0 Å². The van der Waals surface area contributed by atoms with Gasteiger partial charge >= 0.3 is 0 Å². The van der Waals surface area contributed by atoms with Gasteiger partial charge < -0.3 is 5.32 Å². The lowest BCUT2D eigenvalue weighted by atomic mass is 10.00. The van der Waals surface area contributed by atoms with Crippen molar-refractivity contribution in [3.8, 4) is 0 Å². The van der Waals surface area contributed by atoms with Crippen LogP contribution in [-0.4, -0.2) is 26.0 Å². The Morgan fingerprint density at radius 1 is 1.24 bits per heavy atom. The molecule has 2 rings (SSSR count). The Hall–Kier alpha value is -0.870. The molecule has 1 fully saturated rings. The molecule has 0 bridgehead atoms. The van der Waals surface area contributed by atoms with Gasteiger partial charge in [0, 0.05) is 6.04 Å². The Balaban J connectivity index is 2.24. The number of hydrogen-bond donors (Lipinski definition) is 1. The van der Waals surface area contributed by atoms with Crippen LogP contribution in [0.1, 0.15) is 55.3 Å². The van der Waals surface area contributed by atoms with E-state index in [-0.39, 0.29) is 17.0 Å². The largest absolute Gasteiger partial charge is 0.309 e. The topological polar surface area (TPSA) is 46.2 Å². The van der Waals surface area contributed by atoms with Crippen molar-refractivity contribution >= 4 is 9.84 Å². The summed E-state index contributed by atoms with van der Waals surface area (Å²) in [5, 5.41) is 3.25. The second kappa shape index (κ2) is 6.93. The van der Waals surface area contributed by atoms with E-state index in [4.69, 9.17) is 0 Å². The van der Waals surface area contributed by atoms with Gasteiger partial charge in [-0.15, -0.1) is 0 Å². The van der Waals surface area contributed by atoms with Crippen LogP contribution in [-0.2, 0) is 9.84 Å². The molecule has 0 saturated heterocycles. The third-order valence-corrected chi connectivity index (χ3v) is 6.75. The monoisotopic (exact) mass is 309 g/mol. The number of nitrogens with one attached hydrogen (secondary N) is 1. The molecule has 0 amide bonds. The molecule has 1 aromatic carbocycles. The molecular weight excluding hydrogens is 282 g/mol. The first-order chi connectivity index (χ1) is 9.94. The van der Waals surface area contributed by atoms with E-state index >= 15 is 0 Å². The summed E-state index contributed by atoms with van der Waals surface area (Å²) in [6, 6.07) is 6.18. The summed E-state index contributed by atoms with van der Waals surface area (Å²) in [7, 11) is -3.02. The molecule has 21 heavy (non-hydrogen) atoms. The third kappa shape index (κ3) is 4.07. The van der Waals surface area contributed by atoms with Crippen LogP contribution in [0.25, 0.3) is 0 Å². The molecule has 1 aliphatic rings. The van der Waals surface area contributed by atoms with Gasteiger partial charge in [-0.2, -0.15) is 0 Å². The van der Waals surface area contributed by atoms with Crippen LogP contribution in [0, 0.1) is 13.8 Å². The fourth-order valence-electron chi connectivity index (χ4n) is 3.26. The highest BCUT2D eigenvalue weighted by atomic mass is 32.2. The summed E-state index contributed by atoms with van der Waals surface area (Å²) in [5.41, 5.74) is 3.46. The fraction of sp³-hybridized carbons (Fsp3) is 0.647. The summed E-state index contributed by atoms with van der Waals surface area (Å²) in [6.07, 6.45) is 3.79. The molecule has 1 N–H and O–H groups in total. The Kier molecular flexibility index (Phi) is 5.44. The maximum atomic E-state index is 12.6. The molecule has 1 aromatic rings. The van der Waals surface area contributed by atoms with Crippen molar-refractivity contribution in [3.05, 3.63) is 34.9 Å². The van der Waals surface area contributed by atoms with E-state index in [1.165, 1.54) is 5.56 Å². The normalized spacial score (nSPS) is 18.0. The van der Waals surface area contributed by atoms with E-state index in [2.05, 4.69) is 37.4 Å². The molecule has 0 aliphatic heterocycles. The van der Waals surface area contributed by atoms with E-state index in [9.17, 15) is 8.42 Å². The predicted molar refractivity (Wildman–Crippen MR) is 88.4 cm³/mol. The second-order valence-corrected chi connectivity index (χ2v) is 8.53. The van der Waals surface area contributed by atoms with Gasteiger partial charge in [0.25, 0.3) is 0 Å². The van der Waals surface area contributed by atoms with Crippen molar-refractivity contribution in [3.63, 3.8) is 0 Å². The summed E-state index contributed by atoms with van der Waals surface area (Å²) in [5.74, 6) is 0.218. The zero-order chi connectivity index (χ0) is 15.5. The zero-order valence-electron chi connectivity index (χ0n) is 13.4. The van der Waals surface area contributed by atoms with E-state index in [0.717, 1.165) is 43.4 Å². The third-order valence-electron chi connectivity index (χ3n) is 4.47. The summed E-state index contributed by atoms with van der Waals surface area (Å²) in [4.78, 5) is 0. The molecule has 1 saturated carbocycles. The molecule has 3 nitrogen and oxygen atoms in total. The number of benzene rings is 1. The quantitative estimate of drug-likeness (QED) is 0.877. The molecule has 0 heterocycles. The van der Waals surface area contributed by atoms with Gasteiger partial charge in [-0.3, -0.25) is 0 Å². The zero-order valence-corrected chi connectivity index (χ0v) is 14.2. The smallest absolute Gasteiger partial charge is 0.155 e. The molecular formula is C17H27NO2S. The molecule has 0 aromatic heterocycles. The molecule has 1 unspecified atom stereocenters. The van der Waals surface area contributed by atoms with E-state index in [1.54, 1.807) is 0 Å². The SMILES string of the molecule is CCNC(CS(=O)(=O)C1CCCC1)c1cc(C)ccc1C. The molecule has 1 aliphatic carbocycles.